The molecular weight excluding hydrogens is 214 g/mol. The van der Waals surface area contributed by atoms with Crippen LogP contribution in [0.1, 0.15) is 11.6 Å². The second-order valence-electron chi connectivity index (χ2n) is 2.52. The summed E-state index contributed by atoms with van der Waals surface area (Å²) in [5.41, 5.74) is -1.01. The summed E-state index contributed by atoms with van der Waals surface area (Å²) in [5.74, 6) is -3.50. The first kappa shape index (κ1) is 10.9. The Kier molecular flexibility index (Phi) is 2.47. The van der Waals surface area contributed by atoms with Crippen molar-refractivity contribution in [2.75, 3.05) is 0 Å². The average Bonchev–Trinajstić information content (AvgIpc) is 2.31. The molecule has 0 bridgehead atoms. The van der Waals surface area contributed by atoms with Crippen molar-refractivity contribution in [1.82, 2.24) is 9.97 Å². The smallest absolute Gasteiger partial charge is 0.348 e. The van der Waals surface area contributed by atoms with E-state index in [1.54, 1.807) is 4.98 Å². The first-order valence-corrected chi connectivity index (χ1v) is 3.34. The molecule has 80 valence electrons. The molecule has 0 aromatic carbocycles. The molecule has 0 amide bonds. The van der Waals surface area contributed by atoms with Gasteiger partial charge in [0.25, 0.3) is 0 Å². The van der Waals surface area contributed by atoms with Crippen molar-refractivity contribution in [3.63, 3.8) is 0 Å². The number of halogens is 6. The maximum Gasteiger partial charge on any atom is 0.405 e. The molecule has 8 heteroatoms. The average molecular weight is 218 g/mol. The number of H-pyrrole nitrogens is 1. The van der Waals surface area contributed by atoms with Crippen molar-refractivity contribution in [2.45, 2.75) is 18.3 Å². The van der Waals surface area contributed by atoms with Crippen molar-refractivity contribution in [1.29, 1.82) is 0 Å². The summed E-state index contributed by atoms with van der Waals surface area (Å²) in [6, 6.07) is 0. The van der Waals surface area contributed by atoms with Gasteiger partial charge in [-0.3, -0.25) is 0 Å². The zero-order chi connectivity index (χ0) is 11.0. The molecule has 0 aliphatic carbocycles. The number of aromatic amines is 1. The highest BCUT2D eigenvalue weighted by atomic mass is 19.4. The lowest BCUT2D eigenvalue weighted by Gasteiger charge is -2.21. The van der Waals surface area contributed by atoms with Gasteiger partial charge in [-0.15, -0.1) is 0 Å². The zero-order valence-corrected chi connectivity index (χ0v) is 6.45. The second-order valence-corrected chi connectivity index (χ2v) is 2.52. The van der Waals surface area contributed by atoms with Gasteiger partial charge in [-0.25, -0.2) is 4.98 Å². The number of alkyl halides is 6. The molecule has 1 heterocycles. The van der Waals surface area contributed by atoms with Gasteiger partial charge in [0.2, 0.25) is 0 Å². The normalized spacial score (nSPS) is 13.6. The van der Waals surface area contributed by atoms with E-state index in [0.717, 1.165) is 6.33 Å². The van der Waals surface area contributed by atoms with E-state index >= 15 is 0 Å². The van der Waals surface area contributed by atoms with E-state index in [1.807, 2.05) is 0 Å². The number of nitrogens with one attached hydrogen (secondary N) is 1. The maximum absolute atomic E-state index is 12.0. The second kappa shape index (κ2) is 3.18. The van der Waals surface area contributed by atoms with E-state index in [0.29, 0.717) is 6.20 Å². The third kappa shape index (κ3) is 2.18. The molecule has 0 unspecified atom stereocenters. The number of nitrogens with zero attached hydrogens (tertiary/aromatic N) is 1. The predicted molar refractivity (Wildman–Crippen MR) is 33.4 cm³/mol. The molecule has 0 aliphatic heterocycles. The minimum Gasteiger partial charge on any atom is -0.348 e. The minimum atomic E-state index is -5.37. The fourth-order valence-electron chi connectivity index (χ4n) is 0.963. The van der Waals surface area contributed by atoms with Gasteiger partial charge in [0.05, 0.1) is 12.0 Å². The van der Waals surface area contributed by atoms with Crippen LogP contribution < -0.4 is 0 Å². The Bertz CT molecular complexity index is 270. The van der Waals surface area contributed by atoms with E-state index in [1.165, 1.54) is 0 Å². The Morgan fingerprint density at radius 1 is 1.07 bits per heavy atom. The van der Waals surface area contributed by atoms with Gasteiger partial charge in [0.1, 0.15) is 0 Å². The number of imidazole rings is 1. The summed E-state index contributed by atoms with van der Waals surface area (Å²) in [7, 11) is 0. The number of aromatic nitrogens is 2. The quantitative estimate of drug-likeness (QED) is 0.721. The van der Waals surface area contributed by atoms with Crippen LogP contribution >= 0.6 is 0 Å². The van der Waals surface area contributed by atoms with Crippen LogP contribution in [0.5, 0.6) is 0 Å². The molecule has 0 saturated heterocycles. The fraction of sp³-hybridized carbons (Fsp3) is 0.500. The Morgan fingerprint density at radius 3 is 1.86 bits per heavy atom. The fourth-order valence-corrected chi connectivity index (χ4v) is 0.963. The van der Waals surface area contributed by atoms with E-state index in [2.05, 4.69) is 4.98 Å². The SMILES string of the molecule is FC(F)(F)C(c1cnc[nH]1)C(F)(F)F. The predicted octanol–water partition coefficient (Wildman–Crippen LogP) is 2.62. The van der Waals surface area contributed by atoms with Crippen LogP contribution in [0.4, 0.5) is 26.3 Å². The van der Waals surface area contributed by atoms with Gasteiger partial charge < -0.3 is 4.98 Å². The lowest BCUT2D eigenvalue weighted by molar-refractivity contribution is -0.254. The molecule has 0 fully saturated rings. The van der Waals surface area contributed by atoms with Crippen LogP contribution in [-0.2, 0) is 0 Å². The summed E-state index contributed by atoms with van der Waals surface area (Å²) < 4.78 is 72.1. The van der Waals surface area contributed by atoms with Crippen molar-refractivity contribution in [3.05, 3.63) is 18.2 Å². The van der Waals surface area contributed by atoms with Gasteiger partial charge in [-0.05, 0) is 0 Å². The van der Waals surface area contributed by atoms with Crippen molar-refractivity contribution < 1.29 is 26.3 Å². The topological polar surface area (TPSA) is 28.7 Å². The summed E-state index contributed by atoms with van der Waals surface area (Å²) in [6.45, 7) is 0. The standard InChI is InChI=1S/C6H4F6N2/c7-5(8,9)4(6(10,11)12)3-1-13-2-14-3/h1-2,4H,(H,13,14). The zero-order valence-electron chi connectivity index (χ0n) is 6.45. The molecule has 1 rings (SSSR count). The Labute approximate surface area is 73.9 Å². The lowest BCUT2D eigenvalue weighted by Crippen LogP contribution is -2.34. The highest BCUT2D eigenvalue weighted by molar-refractivity contribution is 5.09. The Balaban J connectivity index is 3.08. The van der Waals surface area contributed by atoms with E-state index in [-0.39, 0.29) is 0 Å². The van der Waals surface area contributed by atoms with Crippen molar-refractivity contribution >= 4 is 0 Å². The first-order chi connectivity index (χ1) is 6.23. The molecule has 1 aromatic rings. The minimum absolute atomic E-state index is 0.506. The lowest BCUT2D eigenvalue weighted by atomic mass is 10.1. The first-order valence-electron chi connectivity index (χ1n) is 3.34. The van der Waals surface area contributed by atoms with Crippen LogP contribution in [-0.4, -0.2) is 22.3 Å². The largest absolute Gasteiger partial charge is 0.405 e. The number of hydrogen-bond acceptors (Lipinski definition) is 1. The molecule has 2 nitrogen and oxygen atoms in total. The van der Waals surface area contributed by atoms with Gasteiger partial charge in [-0.2, -0.15) is 26.3 Å². The van der Waals surface area contributed by atoms with E-state index < -0.39 is 24.0 Å². The maximum atomic E-state index is 12.0. The molecule has 0 spiro atoms. The summed E-state index contributed by atoms with van der Waals surface area (Å²) in [5, 5.41) is 0. The Hall–Kier alpha value is -1.21. The summed E-state index contributed by atoms with van der Waals surface area (Å²) in [4.78, 5) is 4.91. The number of rotatable bonds is 1. The summed E-state index contributed by atoms with van der Waals surface area (Å²) in [6.07, 6.45) is -9.47. The third-order valence-corrected chi connectivity index (χ3v) is 1.49. The van der Waals surface area contributed by atoms with Crippen molar-refractivity contribution in [3.8, 4) is 0 Å². The highest BCUT2D eigenvalue weighted by Crippen LogP contribution is 2.45. The van der Waals surface area contributed by atoms with Gasteiger partial charge in [-0.1, -0.05) is 0 Å². The molecule has 1 aromatic heterocycles. The number of hydrogen-bond donors (Lipinski definition) is 1. The molecule has 14 heavy (non-hydrogen) atoms. The molecular formula is C6H4F6N2. The van der Waals surface area contributed by atoms with Crippen LogP contribution in [0, 0.1) is 0 Å². The van der Waals surface area contributed by atoms with Crippen LogP contribution in [0.25, 0.3) is 0 Å². The van der Waals surface area contributed by atoms with Crippen LogP contribution in [0.3, 0.4) is 0 Å². The monoisotopic (exact) mass is 218 g/mol. The van der Waals surface area contributed by atoms with Crippen molar-refractivity contribution in [2.24, 2.45) is 0 Å². The third-order valence-electron chi connectivity index (χ3n) is 1.49. The van der Waals surface area contributed by atoms with Crippen LogP contribution in [0.15, 0.2) is 12.5 Å². The van der Waals surface area contributed by atoms with E-state index in [9.17, 15) is 26.3 Å². The highest BCUT2D eigenvalue weighted by Gasteiger charge is 2.58. The molecule has 0 atom stereocenters. The van der Waals surface area contributed by atoms with Gasteiger partial charge >= 0.3 is 12.4 Å². The van der Waals surface area contributed by atoms with Gasteiger partial charge in [0.15, 0.2) is 5.92 Å². The molecule has 0 radical (unpaired) electrons. The van der Waals surface area contributed by atoms with Gasteiger partial charge in [0, 0.05) is 6.20 Å². The molecule has 1 N–H and O–H groups in total. The Morgan fingerprint density at radius 2 is 1.57 bits per heavy atom. The molecule has 0 saturated carbocycles. The van der Waals surface area contributed by atoms with E-state index in [4.69, 9.17) is 0 Å². The van der Waals surface area contributed by atoms with Crippen LogP contribution in [0.2, 0.25) is 0 Å². The molecule has 0 aliphatic rings. The summed E-state index contributed by atoms with van der Waals surface area (Å²) >= 11 is 0.